The third-order valence-corrected chi connectivity index (χ3v) is 2.66. The smallest absolute Gasteiger partial charge is 0.432 e. The predicted octanol–water partition coefficient (Wildman–Crippen LogP) is -0.677. The Kier molecular flexibility index (Phi) is 14.8. The van der Waals surface area contributed by atoms with Gasteiger partial charge in [-0.1, -0.05) is 44.2 Å². The summed E-state index contributed by atoms with van der Waals surface area (Å²) >= 11 is 0. The molecule has 9 heteroatoms. The Labute approximate surface area is 142 Å². The molecule has 0 heterocycles. The van der Waals surface area contributed by atoms with E-state index in [0.29, 0.717) is 18.8 Å². The fourth-order valence-corrected chi connectivity index (χ4v) is 1.56. The highest BCUT2D eigenvalue weighted by Gasteiger charge is 2.12. The van der Waals surface area contributed by atoms with Crippen molar-refractivity contribution in [2.45, 2.75) is 38.8 Å². The highest BCUT2D eigenvalue weighted by molar-refractivity contribution is 6.13. The van der Waals surface area contributed by atoms with Gasteiger partial charge in [-0.3, -0.25) is 9.59 Å². The topological polar surface area (TPSA) is 167 Å². The third kappa shape index (κ3) is 15.0. The van der Waals surface area contributed by atoms with Crippen LogP contribution >= 0.6 is 0 Å². The number of rotatable bonds is 6. The largest absolute Gasteiger partial charge is 0.480 e. The number of carboxylic acids is 2. The summed E-state index contributed by atoms with van der Waals surface area (Å²) in [7, 11) is -0.750. The zero-order chi connectivity index (χ0) is 19.1. The van der Waals surface area contributed by atoms with Gasteiger partial charge >= 0.3 is 19.6 Å². The predicted molar refractivity (Wildman–Crippen MR) is 92.4 cm³/mol. The van der Waals surface area contributed by atoms with Gasteiger partial charge in [-0.2, -0.15) is 0 Å². The van der Waals surface area contributed by atoms with E-state index in [-0.39, 0.29) is 0 Å². The lowest BCUT2D eigenvalue weighted by atomic mass is 10.1. The van der Waals surface area contributed by atoms with Crippen LogP contribution in [0.2, 0.25) is 0 Å². The minimum absolute atomic E-state index is 0.357. The highest BCUT2D eigenvalue weighted by atomic mass is 16.4. The van der Waals surface area contributed by atoms with Gasteiger partial charge in [-0.05, 0) is 24.3 Å². The van der Waals surface area contributed by atoms with Crippen LogP contribution < -0.4 is 11.5 Å². The van der Waals surface area contributed by atoms with Crippen molar-refractivity contribution < 1.29 is 29.9 Å². The summed E-state index contributed by atoms with van der Waals surface area (Å²) in [5.74, 6) is -1.52. The number of carbonyl (C=O) groups is 2. The molecule has 1 aromatic carbocycles. The molecule has 0 aliphatic rings. The van der Waals surface area contributed by atoms with E-state index < -0.39 is 31.7 Å². The van der Waals surface area contributed by atoms with Gasteiger partial charge in [-0.15, -0.1) is 0 Å². The van der Waals surface area contributed by atoms with Crippen molar-refractivity contribution >= 4 is 19.6 Å². The molecule has 0 bridgehead atoms. The summed E-state index contributed by atoms with van der Waals surface area (Å²) in [5, 5.41) is 31.1. The maximum absolute atomic E-state index is 10.4. The lowest BCUT2D eigenvalue weighted by molar-refractivity contribution is -0.139. The first-order valence-corrected chi connectivity index (χ1v) is 7.38. The summed E-state index contributed by atoms with van der Waals surface area (Å²) in [6.45, 7) is 3.89. The van der Waals surface area contributed by atoms with Gasteiger partial charge in [0.2, 0.25) is 0 Å². The van der Waals surface area contributed by atoms with Gasteiger partial charge in [0, 0.05) is 0 Å². The molecule has 0 aromatic heterocycles. The quantitative estimate of drug-likeness (QED) is 0.370. The first-order valence-electron chi connectivity index (χ1n) is 7.38. The molecular formula is C15H27BN2O6. The van der Waals surface area contributed by atoms with Crippen LogP contribution in [0, 0.1) is 5.92 Å². The zero-order valence-electron chi connectivity index (χ0n) is 14.0. The fourth-order valence-electron chi connectivity index (χ4n) is 1.56. The molecule has 0 spiro atoms. The van der Waals surface area contributed by atoms with Crippen LogP contribution in [0.25, 0.3) is 0 Å². The molecule has 24 heavy (non-hydrogen) atoms. The van der Waals surface area contributed by atoms with Gasteiger partial charge in [-0.25, -0.2) is 0 Å². The van der Waals surface area contributed by atoms with Crippen LogP contribution in [-0.2, 0) is 16.0 Å². The Morgan fingerprint density at radius 1 is 1.00 bits per heavy atom. The molecule has 0 unspecified atom stereocenters. The normalized spacial score (nSPS) is 12.0. The van der Waals surface area contributed by atoms with Crippen molar-refractivity contribution in [2.75, 3.05) is 0 Å². The standard InChI is InChI=1S/C9H11NO2.C6H13NO2.BH3O2/c10-8(9(11)12)6-7-4-2-1-3-5-7;1-4(2)3-5(7)6(8)9;2-1-3/h1-5,8H,6,10H2,(H,11,12);4-5H,3,7H2,1-2H3,(H,8,9);1-3H/t8-;5-;/m00./s1. The van der Waals surface area contributed by atoms with Crippen molar-refractivity contribution in [3.8, 4) is 0 Å². The molecule has 136 valence electrons. The van der Waals surface area contributed by atoms with Gasteiger partial charge in [0.1, 0.15) is 12.1 Å². The highest BCUT2D eigenvalue weighted by Crippen LogP contribution is 2.02. The summed E-state index contributed by atoms with van der Waals surface area (Å²) in [5.41, 5.74) is 11.5. The maximum atomic E-state index is 10.4. The van der Waals surface area contributed by atoms with Crippen LogP contribution in [-0.4, -0.2) is 52.0 Å². The van der Waals surface area contributed by atoms with Crippen molar-refractivity contribution in [1.82, 2.24) is 0 Å². The molecule has 8 N–H and O–H groups in total. The van der Waals surface area contributed by atoms with E-state index in [4.69, 9.17) is 31.7 Å². The molecule has 8 nitrogen and oxygen atoms in total. The number of aliphatic carboxylic acids is 2. The number of nitrogens with two attached hydrogens (primary N) is 2. The van der Waals surface area contributed by atoms with Gasteiger partial charge < -0.3 is 31.7 Å². The van der Waals surface area contributed by atoms with Crippen molar-refractivity contribution in [3.05, 3.63) is 35.9 Å². The number of hydrogen-bond donors (Lipinski definition) is 6. The Morgan fingerprint density at radius 2 is 1.42 bits per heavy atom. The Morgan fingerprint density at radius 3 is 1.71 bits per heavy atom. The third-order valence-electron chi connectivity index (χ3n) is 2.66. The fraction of sp³-hybridized carbons (Fsp3) is 0.467. The second-order valence-corrected chi connectivity index (χ2v) is 5.35. The molecule has 0 radical (unpaired) electrons. The van der Waals surface area contributed by atoms with E-state index in [9.17, 15) is 9.59 Å². The molecule has 0 fully saturated rings. The second kappa shape index (κ2) is 14.6. The van der Waals surface area contributed by atoms with Crippen molar-refractivity contribution in [3.63, 3.8) is 0 Å². The molecule has 2 atom stereocenters. The molecular weight excluding hydrogens is 315 g/mol. The van der Waals surface area contributed by atoms with E-state index in [1.165, 1.54) is 0 Å². The minimum Gasteiger partial charge on any atom is -0.480 e. The van der Waals surface area contributed by atoms with E-state index >= 15 is 0 Å². The monoisotopic (exact) mass is 342 g/mol. The number of hydrogen-bond acceptors (Lipinski definition) is 6. The minimum atomic E-state index is -0.959. The maximum Gasteiger partial charge on any atom is 0.432 e. The van der Waals surface area contributed by atoms with Crippen molar-refractivity contribution in [1.29, 1.82) is 0 Å². The van der Waals surface area contributed by atoms with Crippen molar-refractivity contribution in [2.24, 2.45) is 17.4 Å². The lowest BCUT2D eigenvalue weighted by Gasteiger charge is -2.07. The Hall–Kier alpha value is -1.94. The second-order valence-electron chi connectivity index (χ2n) is 5.35. The molecule has 0 saturated carbocycles. The van der Waals surface area contributed by atoms with Crippen LogP contribution in [0.15, 0.2) is 30.3 Å². The molecule has 0 saturated heterocycles. The summed E-state index contributed by atoms with van der Waals surface area (Å²) in [6.07, 6.45) is 0.936. The van der Waals surface area contributed by atoms with Gasteiger partial charge in [0.25, 0.3) is 0 Å². The van der Waals surface area contributed by atoms with Gasteiger partial charge in [0.15, 0.2) is 0 Å². The van der Waals surface area contributed by atoms with E-state index in [1.807, 2.05) is 44.2 Å². The molecule has 0 amide bonds. The average Bonchev–Trinajstić information content (AvgIpc) is 2.48. The lowest BCUT2D eigenvalue weighted by Crippen LogP contribution is -2.32. The molecule has 0 aliphatic carbocycles. The van der Waals surface area contributed by atoms with Gasteiger partial charge in [0.05, 0.1) is 0 Å². The number of benzene rings is 1. The summed E-state index contributed by atoms with van der Waals surface area (Å²) in [4.78, 5) is 20.5. The molecule has 1 rings (SSSR count). The molecule has 1 aromatic rings. The number of carboxylic acid groups (broad SMARTS) is 2. The van der Waals surface area contributed by atoms with Crippen LogP contribution in [0.1, 0.15) is 25.8 Å². The van der Waals surface area contributed by atoms with Crippen LogP contribution in [0.4, 0.5) is 0 Å². The first kappa shape index (κ1) is 24.3. The average molecular weight is 342 g/mol. The summed E-state index contributed by atoms with van der Waals surface area (Å²) < 4.78 is 0. The SMILES string of the molecule is CC(C)C[C@H](N)C(=O)O.N[C@@H](Cc1ccccc1)C(=O)O.OBO. The van der Waals surface area contributed by atoms with E-state index in [1.54, 1.807) is 0 Å². The zero-order valence-corrected chi connectivity index (χ0v) is 14.0. The van der Waals surface area contributed by atoms with Crippen LogP contribution in [0.3, 0.4) is 0 Å². The first-order chi connectivity index (χ1) is 11.1. The summed E-state index contributed by atoms with van der Waals surface area (Å²) in [6, 6.07) is 7.85. The Balaban J connectivity index is 0. The molecule has 0 aliphatic heterocycles. The van der Waals surface area contributed by atoms with E-state index in [0.717, 1.165) is 5.56 Å². The van der Waals surface area contributed by atoms with Crippen LogP contribution in [0.5, 0.6) is 0 Å². The van der Waals surface area contributed by atoms with E-state index in [2.05, 4.69) is 0 Å². The Bertz CT molecular complexity index is 459.